The first-order valence-corrected chi connectivity index (χ1v) is 5.81. The maximum Gasteiger partial charge on any atom is 0.155 e. The molecule has 3 rings (SSSR count). The number of halogens is 2. The average Bonchev–Trinajstić information content (AvgIpc) is 2.68. The maximum atomic E-state index is 13.8. The van der Waals surface area contributed by atoms with Crippen molar-refractivity contribution in [2.45, 2.75) is 6.92 Å². The Morgan fingerprint density at radius 2 is 1.94 bits per heavy atom. The number of fused-ring (bicyclic) bond motifs is 1. The summed E-state index contributed by atoms with van der Waals surface area (Å²) in [4.78, 5) is 4.18. The molecule has 0 fully saturated rings. The van der Waals surface area contributed by atoms with Crippen LogP contribution in [0.4, 0.5) is 4.39 Å². The molecule has 0 N–H and O–H groups in total. The summed E-state index contributed by atoms with van der Waals surface area (Å²) >= 11 is 5.86. The first kappa shape index (κ1) is 11.2. The number of aryl methyl sites for hydroxylation is 1. The number of hydrogen-bond donors (Lipinski definition) is 0. The van der Waals surface area contributed by atoms with Gasteiger partial charge in [0.2, 0.25) is 0 Å². The fraction of sp³-hybridized carbons (Fsp3) is 0.0769. The molecule has 0 atom stereocenters. The Balaban J connectivity index is 2.34. The van der Waals surface area contributed by atoms with Crippen LogP contribution in [0.1, 0.15) is 5.69 Å². The Bertz CT molecular complexity index is 736. The molecule has 0 unspecified atom stereocenters. The van der Waals surface area contributed by atoms with Crippen LogP contribution in [0.3, 0.4) is 0 Å². The largest absolute Gasteiger partial charge is 0.217 e. The molecular weight excluding hydrogens is 253 g/mol. The second kappa shape index (κ2) is 4.07. The lowest BCUT2D eigenvalue weighted by molar-refractivity contribution is 0.639. The molecule has 0 bridgehead atoms. The molecule has 18 heavy (non-hydrogen) atoms. The lowest BCUT2D eigenvalue weighted by Gasteiger charge is -2.02. The monoisotopic (exact) mass is 261 g/mol. The minimum absolute atomic E-state index is 0.279. The standard InChI is InChI=1S/C13H9ClFN3/c1-8-13-9(15)4-2-5-10(13)18(17-8)12-7-3-6-11(14)16-12/h2-7H,1H3. The molecule has 2 heterocycles. The van der Waals surface area contributed by atoms with Gasteiger partial charge in [0, 0.05) is 0 Å². The van der Waals surface area contributed by atoms with Crippen LogP contribution in [0.5, 0.6) is 0 Å². The molecule has 1 aromatic carbocycles. The summed E-state index contributed by atoms with van der Waals surface area (Å²) < 4.78 is 15.4. The van der Waals surface area contributed by atoms with Crippen LogP contribution in [0.15, 0.2) is 36.4 Å². The summed E-state index contributed by atoms with van der Waals surface area (Å²) in [5.74, 6) is 0.296. The summed E-state index contributed by atoms with van der Waals surface area (Å²) in [5.41, 5.74) is 1.31. The van der Waals surface area contributed by atoms with E-state index < -0.39 is 0 Å². The van der Waals surface area contributed by atoms with Gasteiger partial charge >= 0.3 is 0 Å². The van der Waals surface area contributed by atoms with Crippen molar-refractivity contribution in [3.05, 3.63) is 53.1 Å². The van der Waals surface area contributed by atoms with Crippen molar-refractivity contribution >= 4 is 22.5 Å². The number of pyridine rings is 1. The van der Waals surface area contributed by atoms with Crippen molar-refractivity contribution in [2.75, 3.05) is 0 Å². The highest BCUT2D eigenvalue weighted by Gasteiger charge is 2.13. The van der Waals surface area contributed by atoms with Crippen molar-refractivity contribution in [3.63, 3.8) is 0 Å². The van der Waals surface area contributed by atoms with E-state index >= 15 is 0 Å². The van der Waals surface area contributed by atoms with Gasteiger partial charge < -0.3 is 0 Å². The fourth-order valence-corrected chi connectivity index (χ4v) is 2.15. The van der Waals surface area contributed by atoms with Crippen molar-refractivity contribution < 1.29 is 4.39 Å². The zero-order chi connectivity index (χ0) is 12.7. The SMILES string of the molecule is Cc1nn(-c2cccc(Cl)n2)c2cccc(F)c12. The third-order valence-corrected chi connectivity index (χ3v) is 2.96. The molecule has 0 saturated heterocycles. The Morgan fingerprint density at radius 1 is 1.17 bits per heavy atom. The third-order valence-electron chi connectivity index (χ3n) is 2.75. The topological polar surface area (TPSA) is 30.7 Å². The molecule has 0 radical (unpaired) electrons. The van der Waals surface area contributed by atoms with Crippen LogP contribution in [-0.4, -0.2) is 14.8 Å². The van der Waals surface area contributed by atoms with Gasteiger partial charge in [0.05, 0.1) is 16.6 Å². The predicted molar refractivity (Wildman–Crippen MR) is 68.6 cm³/mol. The minimum atomic E-state index is -0.279. The van der Waals surface area contributed by atoms with Crippen LogP contribution in [0.25, 0.3) is 16.7 Å². The van der Waals surface area contributed by atoms with Gasteiger partial charge in [0.1, 0.15) is 11.0 Å². The van der Waals surface area contributed by atoms with E-state index in [9.17, 15) is 4.39 Å². The van der Waals surface area contributed by atoms with Gasteiger partial charge in [-0.2, -0.15) is 5.10 Å². The van der Waals surface area contributed by atoms with Gasteiger partial charge in [0.25, 0.3) is 0 Å². The van der Waals surface area contributed by atoms with Gasteiger partial charge in [-0.1, -0.05) is 23.7 Å². The average molecular weight is 262 g/mol. The molecule has 0 saturated carbocycles. The number of benzene rings is 1. The van der Waals surface area contributed by atoms with Gasteiger partial charge in [0.15, 0.2) is 5.82 Å². The molecule has 0 aliphatic heterocycles. The van der Waals surface area contributed by atoms with E-state index in [-0.39, 0.29) is 5.82 Å². The highest BCUT2D eigenvalue weighted by atomic mass is 35.5. The van der Waals surface area contributed by atoms with E-state index in [1.165, 1.54) is 6.07 Å². The fourth-order valence-electron chi connectivity index (χ4n) is 1.99. The molecule has 3 aromatic rings. The first-order chi connectivity index (χ1) is 8.66. The van der Waals surface area contributed by atoms with Gasteiger partial charge in [-0.3, -0.25) is 0 Å². The lowest BCUT2D eigenvalue weighted by Crippen LogP contribution is -1.99. The zero-order valence-corrected chi connectivity index (χ0v) is 10.3. The summed E-state index contributed by atoms with van der Waals surface area (Å²) in [6, 6.07) is 10.1. The molecule has 0 amide bonds. The van der Waals surface area contributed by atoms with Gasteiger partial charge in [-0.05, 0) is 31.2 Å². The molecule has 0 aliphatic carbocycles. The Labute approximate surface area is 108 Å². The smallest absolute Gasteiger partial charge is 0.155 e. The Kier molecular flexibility index (Phi) is 2.52. The number of hydrogen-bond acceptors (Lipinski definition) is 2. The second-order valence-electron chi connectivity index (χ2n) is 3.95. The molecule has 3 nitrogen and oxygen atoms in total. The van der Waals surface area contributed by atoms with Crippen LogP contribution in [-0.2, 0) is 0 Å². The lowest BCUT2D eigenvalue weighted by atomic mass is 10.2. The normalized spacial score (nSPS) is 11.1. The van der Waals surface area contributed by atoms with Crippen molar-refractivity contribution in [2.24, 2.45) is 0 Å². The Morgan fingerprint density at radius 3 is 2.72 bits per heavy atom. The van der Waals surface area contributed by atoms with Crippen molar-refractivity contribution in [3.8, 4) is 5.82 Å². The molecule has 0 spiro atoms. The predicted octanol–water partition coefficient (Wildman–Crippen LogP) is 3.52. The van der Waals surface area contributed by atoms with Crippen molar-refractivity contribution in [1.29, 1.82) is 0 Å². The molecule has 0 aliphatic rings. The van der Waals surface area contributed by atoms with Crippen LogP contribution >= 0.6 is 11.6 Å². The van der Waals surface area contributed by atoms with E-state index in [0.717, 1.165) is 0 Å². The molecule has 2 aromatic heterocycles. The van der Waals surface area contributed by atoms with Crippen LogP contribution < -0.4 is 0 Å². The highest BCUT2D eigenvalue weighted by Crippen LogP contribution is 2.23. The first-order valence-electron chi connectivity index (χ1n) is 5.43. The Hall–Kier alpha value is -1.94. The van der Waals surface area contributed by atoms with E-state index in [4.69, 9.17) is 11.6 Å². The molecule has 90 valence electrons. The maximum absolute atomic E-state index is 13.8. The number of rotatable bonds is 1. The third kappa shape index (κ3) is 1.66. The van der Waals surface area contributed by atoms with E-state index in [0.29, 0.717) is 27.6 Å². The van der Waals surface area contributed by atoms with E-state index in [2.05, 4.69) is 10.1 Å². The summed E-state index contributed by atoms with van der Waals surface area (Å²) in [7, 11) is 0. The summed E-state index contributed by atoms with van der Waals surface area (Å²) in [5, 5.41) is 5.21. The molecule has 5 heteroatoms. The zero-order valence-electron chi connectivity index (χ0n) is 9.56. The van der Waals surface area contributed by atoms with E-state index in [1.54, 1.807) is 41.9 Å². The summed E-state index contributed by atoms with van der Waals surface area (Å²) in [6.07, 6.45) is 0. The van der Waals surface area contributed by atoms with Crippen LogP contribution in [0.2, 0.25) is 5.15 Å². The van der Waals surface area contributed by atoms with E-state index in [1.807, 2.05) is 0 Å². The quantitative estimate of drug-likeness (QED) is 0.628. The highest BCUT2D eigenvalue weighted by molar-refractivity contribution is 6.29. The number of nitrogens with zero attached hydrogens (tertiary/aromatic N) is 3. The van der Waals surface area contributed by atoms with Crippen molar-refractivity contribution in [1.82, 2.24) is 14.8 Å². The second-order valence-corrected chi connectivity index (χ2v) is 4.34. The van der Waals surface area contributed by atoms with Gasteiger partial charge in [-0.15, -0.1) is 0 Å². The molecular formula is C13H9ClFN3. The van der Waals surface area contributed by atoms with Gasteiger partial charge in [-0.25, -0.2) is 14.1 Å². The minimum Gasteiger partial charge on any atom is -0.217 e. The summed E-state index contributed by atoms with van der Waals surface area (Å²) in [6.45, 7) is 1.77. The van der Waals surface area contributed by atoms with Crippen LogP contribution in [0, 0.1) is 12.7 Å². The number of aromatic nitrogens is 3.